The SMILES string of the molecule is COc1cc(OC)c(C2CC2C(C)=O)c(OC)c1. The Kier molecular flexibility index (Phi) is 3.45. The summed E-state index contributed by atoms with van der Waals surface area (Å²) in [5, 5.41) is 0. The molecule has 0 saturated heterocycles. The summed E-state index contributed by atoms with van der Waals surface area (Å²) in [7, 11) is 4.83. The fourth-order valence-corrected chi connectivity index (χ4v) is 2.36. The predicted molar refractivity (Wildman–Crippen MR) is 67.6 cm³/mol. The normalized spacial score (nSPS) is 21.3. The van der Waals surface area contributed by atoms with E-state index in [4.69, 9.17) is 14.2 Å². The van der Waals surface area contributed by atoms with Crippen molar-refractivity contribution in [3.63, 3.8) is 0 Å². The Morgan fingerprint density at radius 1 is 1.11 bits per heavy atom. The summed E-state index contributed by atoms with van der Waals surface area (Å²) in [6.07, 6.45) is 0.869. The van der Waals surface area contributed by atoms with Gasteiger partial charge >= 0.3 is 0 Å². The highest BCUT2D eigenvalue weighted by molar-refractivity contribution is 5.83. The van der Waals surface area contributed by atoms with Gasteiger partial charge in [0.2, 0.25) is 0 Å². The Morgan fingerprint density at radius 3 is 2.00 bits per heavy atom. The van der Waals surface area contributed by atoms with E-state index < -0.39 is 0 Å². The summed E-state index contributed by atoms with van der Waals surface area (Å²) < 4.78 is 16.0. The van der Waals surface area contributed by atoms with E-state index in [1.807, 2.05) is 12.1 Å². The highest BCUT2D eigenvalue weighted by Crippen LogP contribution is 2.54. The van der Waals surface area contributed by atoms with Crippen molar-refractivity contribution in [3.05, 3.63) is 17.7 Å². The van der Waals surface area contributed by atoms with Gasteiger partial charge in [0.05, 0.1) is 21.3 Å². The summed E-state index contributed by atoms with van der Waals surface area (Å²) in [6.45, 7) is 1.63. The summed E-state index contributed by atoms with van der Waals surface area (Å²) in [6, 6.07) is 3.65. The van der Waals surface area contributed by atoms with Gasteiger partial charge in [0.25, 0.3) is 0 Å². The highest BCUT2D eigenvalue weighted by atomic mass is 16.5. The minimum atomic E-state index is 0.0983. The molecule has 0 amide bonds. The first-order chi connectivity index (χ1) is 8.62. The van der Waals surface area contributed by atoms with E-state index in [1.165, 1.54) is 0 Å². The van der Waals surface area contributed by atoms with E-state index >= 15 is 0 Å². The fourth-order valence-electron chi connectivity index (χ4n) is 2.36. The number of ketones is 1. The van der Waals surface area contributed by atoms with Gasteiger partial charge in [0.1, 0.15) is 23.0 Å². The van der Waals surface area contributed by atoms with Crippen LogP contribution in [-0.4, -0.2) is 27.1 Å². The van der Waals surface area contributed by atoms with E-state index in [-0.39, 0.29) is 17.6 Å². The second-order valence-electron chi connectivity index (χ2n) is 4.50. The average Bonchev–Trinajstić information content (AvgIpc) is 3.17. The van der Waals surface area contributed by atoms with E-state index in [0.717, 1.165) is 23.5 Å². The molecule has 0 heterocycles. The molecular weight excluding hydrogens is 232 g/mol. The monoisotopic (exact) mass is 250 g/mol. The number of rotatable bonds is 5. The van der Waals surface area contributed by atoms with Crippen LogP contribution in [-0.2, 0) is 4.79 Å². The second kappa shape index (κ2) is 4.88. The molecular formula is C14H18O4. The molecule has 0 aromatic heterocycles. The quantitative estimate of drug-likeness (QED) is 0.805. The number of ether oxygens (including phenoxy) is 3. The molecule has 1 aromatic rings. The third-order valence-corrected chi connectivity index (χ3v) is 3.44. The number of benzene rings is 1. The molecule has 0 N–H and O–H groups in total. The van der Waals surface area contributed by atoms with Crippen LogP contribution in [0.2, 0.25) is 0 Å². The van der Waals surface area contributed by atoms with Crippen LogP contribution in [0.15, 0.2) is 12.1 Å². The van der Waals surface area contributed by atoms with Crippen LogP contribution in [0.25, 0.3) is 0 Å². The van der Waals surface area contributed by atoms with Gasteiger partial charge in [-0.1, -0.05) is 0 Å². The Morgan fingerprint density at radius 2 is 1.67 bits per heavy atom. The zero-order chi connectivity index (χ0) is 13.3. The molecule has 1 aliphatic carbocycles. The maximum absolute atomic E-state index is 11.4. The Labute approximate surface area is 107 Å². The second-order valence-corrected chi connectivity index (χ2v) is 4.50. The van der Waals surface area contributed by atoms with E-state index in [1.54, 1.807) is 28.3 Å². The molecule has 1 fully saturated rings. The van der Waals surface area contributed by atoms with Crippen molar-refractivity contribution in [3.8, 4) is 17.2 Å². The number of carbonyl (C=O) groups is 1. The number of methoxy groups -OCH3 is 3. The third kappa shape index (κ3) is 2.15. The van der Waals surface area contributed by atoms with Gasteiger partial charge in [-0.25, -0.2) is 0 Å². The number of carbonyl (C=O) groups excluding carboxylic acids is 1. The molecule has 1 aromatic carbocycles. The number of hydrogen-bond acceptors (Lipinski definition) is 4. The molecule has 98 valence electrons. The van der Waals surface area contributed by atoms with Crippen molar-refractivity contribution in [2.75, 3.05) is 21.3 Å². The zero-order valence-electron chi connectivity index (χ0n) is 11.1. The van der Waals surface area contributed by atoms with Gasteiger partial charge in [-0.2, -0.15) is 0 Å². The van der Waals surface area contributed by atoms with Gasteiger partial charge in [-0.05, 0) is 13.3 Å². The van der Waals surface area contributed by atoms with E-state index in [2.05, 4.69) is 0 Å². The minimum Gasteiger partial charge on any atom is -0.496 e. The van der Waals surface area contributed by atoms with E-state index in [9.17, 15) is 4.79 Å². The van der Waals surface area contributed by atoms with Crippen LogP contribution < -0.4 is 14.2 Å². The molecule has 2 atom stereocenters. The number of hydrogen-bond donors (Lipinski definition) is 0. The van der Waals surface area contributed by atoms with Gasteiger partial charge in [0.15, 0.2) is 0 Å². The molecule has 0 aliphatic heterocycles. The van der Waals surface area contributed by atoms with Gasteiger partial charge in [0, 0.05) is 29.5 Å². The lowest BCUT2D eigenvalue weighted by atomic mass is 10.0. The van der Waals surface area contributed by atoms with Crippen LogP contribution in [0.1, 0.15) is 24.8 Å². The van der Waals surface area contributed by atoms with Crippen molar-refractivity contribution in [1.82, 2.24) is 0 Å². The Bertz CT molecular complexity index is 442. The van der Waals surface area contributed by atoms with Crippen molar-refractivity contribution in [1.29, 1.82) is 0 Å². The molecule has 4 nitrogen and oxygen atoms in total. The van der Waals surface area contributed by atoms with Crippen molar-refractivity contribution >= 4 is 5.78 Å². The lowest BCUT2D eigenvalue weighted by Gasteiger charge is -2.14. The molecule has 1 aliphatic rings. The van der Waals surface area contributed by atoms with Crippen LogP contribution >= 0.6 is 0 Å². The summed E-state index contributed by atoms with van der Waals surface area (Å²) >= 11 is 0. The van der Waals surface area contributed by atoms with Crippen LogP contribution in [0.5, 0.6) is 17.2 Å². The third-order valence-electron chi connectivity index (χ3n) is 3.44. The maximum Gasteiger partial charge on any atom is 0.133 e. The molecule has 0 radical (unpaired) electrons. The van der Waals surface area contributed by atoms with E-state index in [0.29, 0.717) is 5.75 Å². The van der Waals surface area contributed by atoms with Crippen molar-refractivity contribution < 1.29 is 19.0 Å². The Balaban J connectivity index is 2.42. The average molecular weight is 250 g/mol. The molecule has 0 spiro atoms. The predicted octanol–water partition coefficient (Wildman–Crippen LogP) is 2.40. The lowest BCUT2D eigenvalue weighted by molar-refractivity contribution is -0.118. The summed E-state index contributed by atoms with van der Waals surface area (Å²) in [4.78, 5) is 11.4. The lowest BCUT2D eigenvalue weighted by Crippen LogP contribution is -2.00. The molecule has 1 saturated carbocycles. The molecule has 2 rings (SSSR count). The largest absolute Gasteiger partial charge is 0.496 e. The topological polar surface area (TPSA) is 44.8 Å². The van der Waals surface area contributed by atoms with Crippen molar-refractivity contribution in [2.45, 2.75) is 19.3 Å². The van der Waals surface area contributed by atoms with Gasteiger partial charge < -0.3 is 14.2 Å². The standard InChI is InChI=1S/C14H18O4/c1-8(15)10-7-11(10)14-12(17-3)5-9(16-2)6-13(14)18-4/h5-6,10-11H,7H2,1-4H3. The summed E-state index contributed by atoms with van der Waals surface area (Å²) in [5.41, 5.74) is 0.973. The molecule has 0 bridgehead atoms. The smallest absolute Gasteiger partial charge is 0.133 e. The summed E-state index contributed by atoms with van der Waals surface area (Å²) in [5.74, 6) is 2.66. The first kappa shape index (κ1) is 12.7. The zero-order valence-corrected chi connectivity index (χ0v) is 11.1. The van der Waals surface area contributed by atoms with Gasteiger partial charge in [-0.15, -0.1) is 0 Å². The molecule has 4 heteroatoms. The van der Waals surface area contributed by atoms with Crippen LogP contribution in [0.4, 0.5) is 0 Å². The molecule has 18 heavy (non-hydrogen) atoms. The highest BCUT2D eigenvalue weighted by Gasteiger charge is 2.45. The van der Waals surface area contributed by atoms with Crippen LogP contribution in [0.3, 0.4) is 0 Å². The minimum absolute atomic E-state index is 0.0983. The van der Waals surface area contributed by atoms with Gasteiger partial charge in [-0.3, -0.25) is 4.79 Å². The Hall–Kier alpha value is -1.71. The first-order valence-electron chi connectivity index (χ1n) is 5.92. The fraction of sp³-hybridized carbons (Fsp3) is 0.500. The maximum atomic E-state index is 11.4. The molecule has 2 unspecified atom stereocenters. The first-order valence-corrected chi connectivity index (χ1v) is 5.92. The van der Waals surface area contributed by atoms with Crippen LogP contribution in [0, 0.1) is 5.92 Å². The van der Waals surface area contributed by atoms with Crippen molar-refractivity contribution in [2.24, 2.45) is 5.92 Å². The number of Topliss-reactive ketones (excluding diaryl/α,β-unsaturated/α-hetero) is 1.